The Bertz CT molecular complexity index is 978. The number of benzene rings is 1. The Morgan fingerprint density at radius 1 is 1.10 bits per heavy atom. The largest absolute Gasteiger partial charge is 0.353 e. The summed E-state index contributed by atoms with van der Waals surface area (Å²) in [5, 5.41) is 3.98. The lowest BCUT2D eigenvalue weighted by molar-refractivity contribution is -0.127. The number of aromatic nitrogens is 1. The third kappa shape index (κ3) is 4.31. The smallest absolute Gasteiger partial charge is 0.245 e. The number of nitrogens with zero attached hydrogens (tertiary/aromatic N) is 2. The van der Waals surface area contributed by atoms with Crippen molar-refractivity contribution < 1.29 is 13.2 Å². The Morgan fingerprint density at radius 2 is 1.86 bits per heavy atom. The summed E-state index contributed by atoms with van der Waals surface area (Å²) >= 11 is 0. The quantitative estimate of drug-likeness (QED) is 0.831. The van der Waals surface area contributed by atoms with Gasteiger partial charge >= 0.3 is 0 Å². The van der Waals surface area contributed by atoms with Crippen molar-refractivity contribution >= 4 is 26.8 Å². The number of para-hydroxylation sites is 1. The second-order valence-electron chi connectivity index (χ2n) is 8.50. The molecule has 1 aliphatic heterocycles. The van der Waals surface area contributed by atoms with E-state index < -0.39 is 10.0 Å². The number of nitrogens with one attached hydrogen (secondary N) is 1. The number of rotatable bonds is 4. The number of hydrogen-bond acceptors (Lipinski definition) is 4. The van der Waals surface area contributed by atoms with E-state index in [2.05, 4.69) is 17.2 Å². The predicted molar refractivity (Wildman–Crippen MR) is 113 cm³/mol. The second-order valence-corrected chi connectivity index (χ2v) is 10.4. The third-order valence-corrected chi connectivity index (χ3v) is 8.23. The van der Waals surface area contributed by atoms with Crippen LogP contribution in [0.25, 0.3) is 10.9 Å². The van der Waals surface area contributed by atoms with Gasteiger partial charge < -0.3 is 5.32 Å². The average molecular weight is 416 g/mol. The highest BCUT2D eigenvalue weighted by Gasteiger charge is 2.35. The zero-order valence-electron chi connectivity index (χ0n) is 16.9. The monoisotopic (exact) mass is 415 g/mol. The first kappa shape index (κ1) is 20.3. The number of piperidine rings is 1. The van der Waals surface area contributed by atoms with Crippen LogP contribution in [-0.2, 0) is 14.8 Å². The van der Waals surface area contributed by atoms with E-state index in [0.717, 1.165) is 43.4 Å². The molecule has 1 aliphatic carbocycles. The van der Waals surface area contributed by atoms with Crippen LogP contribution in [0.2, 0.25) is 0 Å². The molecule has 1 aromatic carbocycles. The first-order valence-electron chi connectivity index (χ1n) is 10.6. The van der Waals surface area contributed by atoms with Gasteiger partial charge in [-0.2, -0.15) is 4.31 Å². The Balaban J connectivity index is 1.49. The third-order valence-electron chi connectivity index (χ3n) is 6.33. The molecule has 0 radical (unpaired) electrons. The van der Waals surface area contributed by atoms with Crippen LogP contribution in [0.1, 0.15) is 45.4 Å². The van der Waals surface area contributed by atoms with Crippen LogP contribution in [0.3, 0.4) is 0 Å². The molecule has 7 heteroatoms. The molecule has 0 spiro atoms. The maximum atomic E-state index is 13.3. The Hall–Kier alpha value is -1.99. The molecular formula is C22H29N3O3S. The van der Waals surface area contributed by atoms with E-state index in [9.17, 15) is 13.2 Å². The molecule has 2 fully saturated rings. The Kier molecular flexibility index (Phi) is 5.88. The van der Waals surface area contributed by atoms with E-state index in [1.807, 2.05) is 12.1 Å². The molecule has 1 aromatic heterocycles. The summed E-state index contributed by atoms with van der Waals surface area (Å²) < 4.78 is 28.2. The van der Waals surface area contributed by atoms with Crippen LogP contribution in [-0.4, -0.2) is 42.7 Å². The number of fused-ring (bicyclic) bond motifs is 1. The molecule has 1 unspecified atom stereocenters. The normalized spacial score (nSPS) is 26.3. The highest BCUT2D eigenvalue weighted by atomic mass is 32.2. The number of carbonyl (C=O) groups excluding carboxylic acids is 1. The van der Waals surface area contributed by atoms with E-state index in [1.165, 1.54) is 4.31 Å². The number of pyridine rings is 1. The maximum absolute atomic E-state index is 13.3. The van der Waals surface area contributed by atoms with Crippen molar-refractivity contribution in [3.8, 4) is 0 Å². The van der Waals surface area contributed by atoms with Crippen LogP contribution in [0.5, 0.6) is 0 Å². The van der Waals surface area contributed by atoms with Crippen molar-refractivity contribution in [1.82, 2.24) is 14.6 Å². The van der Waals surface area contributed by atoms with Gasteiger partial charge in [-0.1, -0.05) is 25.1 Å². The van der Waals surface area contributed by atoms with Gasteiger partial charge in [-0.25, -0.2) is 8.42 Å². The molecule has 29 heavy (non-hydrogen) atoms. The summed E-state index contributed by atoms with van der Waals surface area (Å²) in [6.45, 7) is 2.93. The van der Waals surface area contributed by atoms with E-state index in [4.69, 9.17) is 0 Å². The van der Waals surface area contributed by atoms with Crippen molar-refractivity contribution in [2.24, 2.45) is 11.8 Å². The van der Waals surface area contributed by atoms with Gasteiger partial charge in [0.1, 0.15) is 4.90 Å². The van der Waals surface area contributed by atoms with E-state index in [0.29, 0.717) is 18.5 Å². The fourth-order valence-electron chi connectivity index (χ4n) is 4.52. The Morgan fingerprint density at radius 3 is 2.66 bits per heavy atom. The molecule has 4 rings (SSSR count). The predicted octanol–water partition coefficient (Wildman–Crippen LogP) is 3.33. The standard InChI is InChI=1S/C22H29N3O3S/c1-16-9-11-19(12-10-16)24-22(26)18-7-4-14-25(15-18)29(27,28)20-8-2-5-17-6-3-13-23-21(17)20/h2-3,5-6,8,13,16,18-19H,4,7,9-12,14-15H2,1H3,(H,24,26). The summed E-state index contributed by atoms with van der Waals surface area (Å²) in [5.41, 5.74) is 0.484. The summed E-state index contributed by atoms with van der Waals surface area (Å²) in [6, 6.07) is 9.10. The van der Waals surface area contributed by atoms with Crippen molar-refractivity contribution in [2.45, 2.75) is 56.4 Å². The minimum atomic E-state index is -3.70. The molecular weight excluding hydrogens is 386 g/mol. The van der Waals surface area contributed by atoms with Gasteiger partial charge in [-0.15, -0.1) is 0 Å². The zero-order chi connectivity index (χ0) is 20.4. The fraction of sp³-hybridized carbons (Fsp3) is 0.545. The summed E-state index contributed by atoms with van der Waals surface area (Å²) in [7, 11) is -3.70. The summed E-state index contributed by atoms with van der Waals surface area (Å²) in [5.74, 6) is 0.439. The lowest BCUT2D eigenvalue weighted by atomic mass is 9.87. The first-order valence-corrected chi connectivity index (χ1v) is 12.0. The van der Waals surface area contributed by atoms with Crippen molar-refractivity contribution in [1.29, 1.82) is 0 Å². The van der Waals surface area contributed by atoms with Crippen molar-refractivity contribution in [3.63, 3.8) is 0 Å². The molecule has 1 amide bonds. The van der Waals surface area contributed by atoms with E-state index in [1.54, 1.807) is 24.4 Å². The van der Waals surface area contributed by atoms with Gasteiger partial charge in [-0.05, 0) is 56.6 Å². The van der Waals surface area contributed by atoms with Gasteiger partial charge in [-0.3, -0.25) is 9.78 Å². The van der Waals surface area contributed by atoms with Crippen LogP contribution in [0, 0.1) is 11.8 Å². The van der Waals surface area contributed by atoms with E-state index >= 15 is 0 Å². The van der Waals surface area contributed by atoms with Gasteiger partial charge in [0, 0.05) is 30.7 Å². The average Bonchev–Trinajstić information content (AvgIpc) is 2.75. The number of carbonyl (C=O) groups is 1. The lowest BCUT2D eigenvalue weighted by Gasteiger charge is -2.33. The summed E-state index contributed by atoms with van der Waals surface area (Å²) in [4.78, 5) is 17.3. The Labute approximate surface area is 172 Å². The fourth-order valence-corrected chi connectivity index (χ4v) is 6.21. The minimum Gasteiger partial charge on any atom is -0.353 e. The molecule has 1 N–H and O–H groups in total. The second kappa shape index (κ2) is 8.40. The highest BCUT2D eigenvalue weighted by molar-refractivity contribution is 7.89. The molecule has 2 heterocycles. The zero-order valence-corrected chi connectivity index (χ0v) is 17.7. The molecule has 2 aromatic rings. The maximum Gasteiger partial charge on any atom is 0.245 e. The SMILES string of the molecule is CC1CCC(NC(=O)C2CCCN(S(=O)(=O)c3cccc4cccnc34)C2)CC1. The van der Waals surface area contributed by atoms with Crippen molar-refractivity contribution in [3.05, 3.63) is 36.5 Å². The number of sulfonamides is 1. The number of amides is 1. The van der Waals surface area contributed by atoms with Gasteiger partial charge in [0.2, 0.25) is 15.9 Å². The van der Waals surface area contributed by atoms with Gasteiger partial charge in [0.25, 0.3) is 0 Å². The molecule has 0 bridgehead atoms. The molecule has 1 saturated heterocycles. The topological polar surface area (TPSA) is 79.4 Å². The number of hydrogen-bond donors (Lipinski definition) is 1. The van der Waals surface area contributed by atoms with Crippen LogP contribution in [0.4, 0.5) is 0 Å². The van der Waals surface area contributed by atoms with Crippen LogP contribution >= 0.6 is 0 Å². The van der Waals surface area contributed by atoms with Gasteiger partial charge in [0.05, 0.1) is 11.4 Å². The molecule has 156 valence electrons. The van der Waals surface area contributed by atoms with Gasteiger partial charge in [0.15, 0.2) is 0 Å². The molecule has 6 nitrogen and oxygen atoms in total. The molecule has 1 atom stereocenters. The lowest BCUT2D eigenvalue weighted by Crippen LogP contribution is -2.48. The summed E-state index contributed by atoms with van der Waals surface area (Å²) in [6.07, 6.45) is 7.35. The van der Waals surface area contributed by atoms with Crippen molar-refractivity contribution in [2.75, 3.05) is 13.1 Å². The molecule has 1 saturated carbocycles. The van der Waals surface area contributed by atoms with Crippen LogP contribution in [0.15, 0.2) is 41.4 Å². The molecule has 2 aliphatic rings. The highest BCUT2D eigenvalue weighted by Crippen LogP contribution is 2.29. The first-order chi connectivity index (χ1) is 13.9. The minimum absolute atomic E-state index is 0.000461. The van der Waals surface area contributed by atoms with E-state index in [-0.39, 0.29) is 29.3 Å². The van der Waals surface area contributed by atoms with Crippen LogP contribution < -0.4 is 5.32 Å².